The van der Waals surface area contributed by atoms with E-state index in [4.69, 9.17) is 20.2 Å². The Balaban J connectivity index is 1.56. The van der Waals surface area contributed by atoms with Crippen molar-refractivity contribution in [2.75, 3.05) is 37.9 Å². The van der Waals surface area contributed by atoms with Gasteiger partial charge in [-0.1, -0.05) is 0 Å². The first-order valence-electron chi connectivity index (χ1n) is 9.59. The number of nitrogen functional groups attached to an aromatic ring is 1. The van der Waals surface area contributed by atoms with Gasteiger partial charge in [0.2, 0.25) is 5.95 Å². The fourth-order valence-corrected chi connectivity index (χ4v) is 3.78. The Bertz CT molecular complexity index is 978. The minimum atomic E-state index is 0.451. The maximum atomic E-state index is 6.23. The zero-order chi connectivity index (χ0) is 19.7. The van der Waals surface area contributed by atoms with Crippen LogP contribution in [0.25, 0.3) is 10.9 Å². The van der Waals surface area contributed by atoms with E-state index < -0.39 is 0 Å². The van der Waals surface area contributed by atoms with Crippen LogP contribution in [-0.4, -0.2) is 47.1 Å². The van der Waals surface area contributed by atoms with E-state index >= 15 is 0 Å². The van der Waals surface area contributed by atoms with Crippen molar-refractivity contribution >= 4 is 22.7 Å². The van der Waals surface area contributed by atoms with Crippen molar-refractivity contribution in [2.24, 2.45) is 0 Å². The van der Waals surface area contributed by atoms with Gasteiger partial charge in [-0.25, -0.2) is 4.98 Å². The second-order valence-electron chi connectivity index (χ2n) is 7.02. The van der Waals surface area contributed by atoms with Crippen LogP contribution in [0.15, 0.2) is 24.5 Å². The number of piperidine rings is 1. The molecule has 0 spiro atoms. The van der Waals surface area contributed by atoms with Gasteiger partial charge in [0.05, 0.1) is 25.9 Å². The molecule has 4 rings (SSSR count). The van der Waals surface area contributed by atoms with Gasteiger partial charge in [0, 0.05) is 37.3 Å². The number of aryl methyl sites for hydroxylation is 1. The Kier molecular flexibility index (Phi) is 4.93. The number of aromatic nitrogens is 4. The fourth-order valence-electron chi connectivity index (χ4n) is 3.78. The molecule has 28 heavy (non-hydrogen) atoms. The minimum absolute atomic E-state index is 0.451. The number of ether oxygens (including phenoxy) is 2. The summed E-state index contributed by atoms with van der Waals surface area (Å²) in [6.07, 6.45) is 6.24. The van der Waals surface area contributed by atoms with Crippen molar-refractivity contribution in [1.82, 2.24) is 19.7 Å². The SMILES string of the molecule is CCn1cc(C2CCN(c3nc(N)c4cc(OC)c(OC)cc4n3)CC2)cn1. The van der Waals surface area contributed by atoms with E-state index in [0.29, 0.717) is 29.2 Å². The summed E-state index contributed by atoms with van der Waals surface area (Å²) in [5, 5.41) is 5.17. The van der Waals surface area contributed by atoms with E-state index in [1.165, 1.54) is 5.56 Å². The van der Waals surface area contributed by atoms with Crippen LogP contribution >= 0.6 is 0 Å². The third-order valence-electron chi connectivity index (χ3n) is 5.45. The fraction of sp³-hybridized carbons (Fsp3) is 0.450. The lowest BCUT2D eigenvalue weighted by atomic mass is 9.92. The maximum Gasteiger partial charge on any atom is 0.227 e. The molecule has 1 aliphatic heterocycles. The van der Waals surface area contributed by atoms with Crippen LogP contribution < -0.4 is 20.1 Å². The van der Waals surface area contributed by atoms with Crippen LogP contribution in [0.2, 0.25) is 0 Å². The van der Waals surface area contributed by atoms with Crippen LogP contribution in [0.1, 0.15) is 31.2 Å². The van der Waals surface area contributed by atoms with Gasteiger partial charge >= 0.3 is 0 Å². The summed E-state index contributed by atoms with van der Waals surface area (Å²) >= 11 is 0. The van der Waals surface area contributed by atoms with Gasteiger partial charge in [0.25, 0.3) is 0 Å². The minimum Gasteiger partial charge on any atom is -0.493 e. The van der Waals surface area contributed by atoms with Gasteiger partial charge in [-0.2, -0.15) is 10.1 Å². The molecule has 0 aliphatic carbocycles. The summed E-state index contributed by atoms with van der Waals surface area (Å²) in [5.41, 5.74) is 8.30. The molecule has 0 saturated carbocycles. The van der Waals surface area contributed by atoms with Gasteiger partial charge in [-0.05, 0) is 37.3 Å². The molecule has 8 nitrogen and oxygen atoms in total. The molecule has 2 N–H and O–H groups in total. The normalized spacial score (nSPS) is 15.2. The van der Waals surface area contributed by atoms with Crippen LogP contribution in [-0.2, 0) is 6.54 Å². The predicted octanol–water partition coefficient (Wildman–Crippen LogP) is 2.83. The predicted molar refractivity (Wildman–Crippen MR) is 109 cm³/mol. The molecule has 8 heteroatoms. The number of benzene rings is 1. The topological polar surface area (TPSA) is 91.3 Å². The van der Waals surface area contributed by atoms with E-state index in [-0.39, 0.29) is 0 Å². The molecule has 0 radical (unpaired) electrons. The number of fused-ring (bicyclic) bond motifs is 1. The number of hydrogen-bond donors (Lipinski definition) is 1. The zero-order valence-electron chi connectivity index (χ0n) is 16.6. The standard InChI is InChI=1S/C20H26N6O2/c1-4-26-12-14(11-22-26)13-5-7-25(8-6-13)20-23-16-10-18(28-3)17(27-2)9-15(16)19(21)24-20/h9-13H,4-8H2,1-3H3,(H2,21,23,24). The number of nitrogens with two attached hydrogens (primary N) is 1. The van der Waals surface area contributed by atoms with Crippen molar-refractivity contribution in [2.45, 2.75) is 32.2 Å². The molecule has 2 aromatic heterocycles. The third kappa shape index (κ3) is 3.30. The van der Waals surface area contributed by atoms with Crippen molar-refractivity contribution in [3.63, 3.8) is 0 Å². The number of nitrogens with zero attached hydrogens (tertiary/aromatic N) is 5. The highest BCUT2D eigenvalue weighted by Gasteiger charge is 2.24. The average molecular weight is 382 g/mol. The molecule has 1 aliphatic rings. The first-order valence-corrected chi connectivity index (χ1v) is 9.59. The van der Waals surface area contributed by atoms with Crippen molar-refractivity contribution in [1.29, 1.82) is 0 Å². The van der Waals surface area contributed by atoms with Crippen molar-refractivity contribution in [3.05, 3.63) is 30.1 Å². The number of rotatable bonds is 5. The molecule has 0 atom stereocenters. The Morgan fingerprint density at radius 2 is 1.82 bits per heavy atom. The summed E-state index contributed by atoms with van der Waals surface area (Å²) in [5.74, 6) is 2.89. The largest absolute Gasteiger partial charge is 0.493 e. The molecule has 148 valence electrons. The van der Waals surface area contributed by atoms with Gasteiger partial charge < -0.3 is 20.1 Å². The van der Waals surface area contributed by atoms with Gasteiger partial charge in [-0.3, -0.25) is 4.68 Å². The Morgan fingerprint density at radius 1 is 1.11 bits per heavy atom. The Morgan fingerprint density at radius 3 is 2.46 bits per heavy atom. The Labute approximate surface area is 164 Å². The molecule has 0 amide bonds. The zero-order valence-corrected chi connectivity index (χ0v) is 16.6. The quantitative estimate of drug-likeness (QED) is 0.725. The first-order chi connectivity index (χ1) is 13.6. The van der Waals surface area contributed by atoms with E-state index in [2.05, 4.69) is 28.1 Å². The molecule has 0 unspecified atom stereocenters. The van der Waals surface area contributed by atoms with Crippen molar-refractivity contribution in [3.8, 4) is 11.5 Å². The molecule has 1 fully saturated rings. The van der Waals surface area contributed by atoms with Crippen LogP contribution in [0.4, 0.5) is 11.8 Å². The summed E-state index contributed by atoms with van der Waals surface area (Å²) in [7, 11) is 3.21. The second kappa shape index (κ2) is 7.53. The van der Waals surface area contributed by atoms with Gasteiger partial charge in [-0.15, -0.1) is 0 Å². The average Bonchev–Trinajstić information content (AvgIpc) is 3.22. The monoisotopic (exact) mass is 382 g/mol. The summed E-state index contributed by atoms with van der Waals surface area (Å²) in [6, 6.07) is 3.67. The first kappa shape index (κ1) is 18.3. The van der Waals surface area contributed by atoms with Crippen LogP contribution in [0, 0.1) is 0 Å². The van der Waals surface area contributed by atoms with Crippen LogP contribution in [0.5, 0.6) is 11.5 Å². The maximum absolute atomic E-state index is 6.23. The van der Waals surface area contributed by atoms with E-state index in [1.807, 2.05) is 23.0 Å². The van der Waals surface area contributed by atoms with Gasteiger partial charge in [0.1, 0.15) is 5.82 Å². The third-order valence-corrected chi connectivity index (χ3v) is 5.45. The molecular weight excluding hydrogens is 356 g/mol. The lowest BCUT2D eigenvalue weighted by Crippen LogP contribution is -2.34. The lowest BCUT2D eigenvalue weighted by molar-refractivity contribution is 0.356. The van der Waals surface area contributed by atoms with E-state index in [1.54, 1.807) is 14.2 Å². The second-order valence-corrected chi connectivity index (χ2v) is 7.02. The van der Waals surface area contributed by atoms with E-state index in [0.717, 1.165) is 43.4 Å². The highest BCUT2D eigenvalue weighted by atomic mass is 16.5. The smallest absolute Gasteiger partial charge is 0.227 e. The molecule has 3 aromatic rings. The Hall–Kier alpha value is -3.03. The number of anilines is 2. The highest BCUT2D eigenvalue weighted by Crippen LogP contribution is 2.35. The van der Waals surface area contributed by atoms with Gasteiger partial charge in [0.15, 0.2) is 11.5 Å². The summed E-state index contributed by atoms with van der Waals surface area (Å²) in [4.78, 5) is 11.5. The molecule has 0 bridgehead atoms. The van der Waals surface area contributed by atoms with E-state index in [9.17, 15) is 0 Å². The van der Waals surface area contributed by atoms with Crippen molar-refractivity contribution < 1.29 is 9.47 Å². The molecule has 1 saturated heterocycles. The lowest BCUT2D eigenvalue weighted by Gasteiger charge is -2.31. The molecule has 1 aromatic carbocycles. The van der Waals surface area contributed by atoms with Crippen LogP contribution in [0.3, 0.4) is 0 Å². The number of hydrogen-bond acceptors (Lipinski definition) is 7. The summed E-state index contributed by atoms with van der Waals surface area (Å²) in [6.45, 7) is 4.78. The molecule has 3 heterocycles. The summed E-state index contributed by atoms with van der Waals surface area (Å²) < 4.78 is 12.7. The molecular formula is C20H26N6O2. The highest BCUT2D eigenvalue weighted by molar-refractivity contribution is 5.91. The number of methoxy groups -OCH3 is 2.